The zero-order chi connectivity index (χ0) is 14.2. The summed E-state index contributed by atoms with van der Waals surface area (Å²) in [6.07, 6.45) is -4.48. The minimum absolute atomic E-state index is 0.106. The van der Waals surface area contributed by atoms with Crippen LogP contribution in [0.15, 0.2) is 24.3 Å². The molecule has 3 N–H and O–H groups in total. The summed E-state index contributed by atoms with van der Waals surface area (Å²) in [5, 5.41) is 5.50. The van der Waals surface area contributed by atoms with E-state index in [2.05, 4.69) is 5.10 Å². The SMILES string of the molecule is Cc1ccc(-c2cc(C(F)(F)F)[nH]n2)cc1C(N)=O. The van der Waals surface area contributed by atoms with Crippen LogP contribution in [0.3, 0.4) is 0 Å². The molecule has 1 heterocycles. The summed E-state index contributed by atoms with van der Waals surface area (Å²) in [5.41, 5.74) is 5.66. The van der Waals surface area contributed by atoms with Crippen molar-refractivity contribution in [2.45, 2.75) is 13.1 Å². The molecular weight excluding hydrogens is 259 g/mol. The minimum Gasteiger partial charge on any atom is -0.366 e. The van der Waals surface area contributed by atoms with Crippen molar-refractivity contribution in [3.63, 3.8) is 0 Å². The first kappa shape index (κ1) is 13.1. The van der Waals surface area contributed by atoms with E-state index < -0.39 is 17.8 Å². The van der Waals surface area contributed by atoms with Crippen LogP contribution in [-0.2, 0) is 6.18 Å². The summed E-state index contributed by atoms with van der Waals surface area (Å²) in [7, 11) is 0. The van der Waals surface area contributed by atoms with Gasteiger partial charge in [-0.2, -0.15) is 18.3 Å². The van der Waals surface area contributed by atoms with E-state index in [9.17, 15) is 18.0 Å². The van der Waals surface area contributed by atoms with E-state index in [1.54, 1.807) is 19.1 Å². The number of halogens is 3. The van der Waals surface area contributed by atoms with Gasteiger partial charge in [-0.15, -0.1) is 0 Å². The molecule has 0 saturated carbocycles. The van der Waals surface area contributed by atoms with Crippen molar-refractivity contribution in [2.75, 3.05) is 0 Å². The molecule has 0 aliphatic heterocycles. The second-order valence-electron chi connectivity index (χ2n) is 4.06. The standard InChI is InChI=1S/C12H10F3N3O/c1-6-2-3-7(4-8(6)11(16)19)9-5-10(18-17-9)12(13,14)15/h2-5H,1H3,(H2,16,19)(H,17,18). The third-order valence-electron chi connectivity index (χ3n) is 2.68. The lowest BCUT2D eigenvalue weighted by Gasteiger charge is -2.04. The number of nitrogens with one attached hydrogen (secondary N) is 1. The number of H-pyrrole nitrogens is 1. The highest BCUT2D eigenvalue weighted by Crippen LogP contribution is 2.30. The van der Waals surface area contributed by atoms with Crippen LogP contribution in [0.25, 0.3) is 11.3 Å². The normalized spacial score (nSPS) is 11.6. The number of primary amides is 1. The number of aryl methyl sites for hydroxylation is 1. The molecule has 100 valence electrons. The highest BCUT2D eigenvalue weighted by atomic mass is 19.4. The summed E-state index contributed by atoms with van der Waals surface area (Å²) in [5.74, 6) is -0.633. The first-order valence-electron chi connectivity index (χ1n) is 5.32. The number of nitrogens with two attached hydrogens (primary N) is 1. The number of alkyl halides is 3. The Morgan fingerprint density at radius 2 is 2.00 bits per heavy atom. The molecule has 1 aromatic heterocycles. The van der Waals surface area contributed by atoms with Crippen LogP contribution in [-0.4, -0.2) is 16.1 Å². The third kappa shape index (κ3) is 2.59. The van der Waals surface area contributed by atoms with Gasteiger partial charge in [-0.05, 0) is 24.6 Å². The van der Waals surface area contributed by atoms with Crippen molar-refractivity contribution in [3.05, 3.63) is 41.1 Å². The molecule has 0 aliphatic rings. The van der Waals surface area contributed by atoms with E-state index in [0.29, 0.717) is 11.1 Å². The van der Waals surface area contributed by atoms with Gasteiger partial charge >= 0.3 is 6.18 Å². The molecule has 1 aromatic carbocycles. The summed E-state index contributed by atoms with van der Waals surface area (Å²) < 4.78 is 37.3. The number of hydrogen-bond donors (Lipinski definition) is 2. The first-order chi connectivity index (χ1) is 8.79. The Hall–Kier alpha value is -2.31. The fourth-order valence-electron chi connectivity index (χ4n) is 1.66. The van der Waals surface area contributed by atoms with Crippen LogP contribution in [0.1, 0.15) is 21.6 Å². The zero-order valence-corrected chi connectivity index (χ0v) is 9.88. The molecule has 4 nitrogen and oxygen atoms in total. The van der Waals surface area contributed by atoms with Crippen molar-refractivity contribution >= 4 is 5.91 Å². The molecule has 0 aliphatic carbocycles. The van der Waals surface area contributed by atoms with Gasteiger partial charge in [0, 0.05) is 11.1 Å². The van der Waals surface area contributed by atoms with Gasteiger partial charge in [0.25, 0.3) is 0 Å². The number of benzene rings is 1. The van der Waals surface area contributed by atoms with Crippen molar-refractivity contribution in [3.8, 4) is 11.3 Å². The van der Waals surface area contributed by atoms with Crippen molar-refractivity contribution < 1.29 is 18.0 Å². The van der Waals surface area contributed by atoms with Crippen LogP contribution in [0.5, 0.6) is 0 Å². The fourth-order valence-corrected chi connectivity index (χ4v) is 1.66. The maximum absolute atomic E-state index is 12.4. The highest BCUT2D eigenvalue weighted by Gasteiger charge is 2.33. The van der Waals surface area contributed by atoms with Crippen LogP contribution in [0, 0.1) is 6.92 Å². The Kier molecular flexibility index (Phi) is 3.05. The van der Waals surface area contributed by atoms with Crippen molar-refractivity contribution in [1.82, 2.24) is 10.2 Å². The fraction of sp³-hybridized carbons (Fsp3) is 0.167. The molecule has 0 radical (unpaired) electrons. The van der Waals surface area contributed by atoms with Crippen molar-refractivity contribution in [1.29, 1.82) is 0 Å². The van der Waals surface area contributed by atoms with Gasteiger partial charge in [-0.3, -0.25) is 9.89 Å². The lowest BCUT2D eigenvalue weighted by atomic mass is 10.0. The molecule has 0 saturated heterocycles. The lowest BCUT2D eigenvalue weighted by Crippen LogP contribution is -2.12. The zero-order valence-electron chi connectivity index (χ0n) is 9.88. The average Bonchev–Trinajstić information content (AvgIpc) is 2.78. The van der Waals surface area contributed by atoms with E-state index in [1.807, 2.05) is 5.10 Å². The summed E-state index contributed by atoms with van der Waals surface area (Å²) in [6.45, 7) is 1.69. The molecule has 0 bridgehead atoms. The van der Waals surface area contributed by atoms with E-state index >= 15 is 0 Å². The molecular formula is C12H10F3N3O. The number of carbonyl (C=O) groups excluding carboxylic acids is 1. The number of carbonyl (C=O) groups is 1. The smallest absolute Gasteiger partial charge is 0.366 e. The average molecular weight is 269 g/mol. The second kappa shape index (κ2) is 4.42. The highest BCUT2D eigenvalue weighted by molar-refractivity contribution is 5.95. The third-order valence-corrected chi connectivity index (χ3v) is 2.68. The van der Waals surface area contributed by atoms with Gasteiger partial charge in [-0.25, -0.2) is 0 Å². The topological polar surface area (TPSA) is 71.8 Å². The molecule has 2 rings (SSSR count). The van der Waals surface area contributed by atoms with E-state index in [1.165, 1.54) is 6.07 Å². The quantitative estimate of drug-likeness (QED) is 0.879. The molecule has 7 heteroatoms. The van der Waals surface area contributed by atoms with Crippen LogP contribution >= 0.6 is 0 Å². The summed E-state index contributed by atoms with van der Waals surface area (Å²) in [6, 6.07) is 5.50. The number of rotatable bonds is 2. The maximum atomic E-state index is 12.4. The Morgan fingerprint density at radius 3 is 2.53 bits per heavy atom. The molecule has 0 atom stereocenters. The van der Waals surface area contributed by atoms with Crippen LogP contribution in [0.2, 0.25) is 0 Å². The molecule has 19 heavy (non-hydrogen) atoms. The van der Waals surface area contributed by atoms with E-state index in [4.69, 9.17) is 5.73 Å². The molecule has 0 unspecified atom stereocenters. The Balaban J connectivity index is 2.45. The Bertz CT molecular complexity index is 631. The molecule has 2 aromatic rings. The number of aromatic amines is 1. The van der Waals surface area contributed by atoms with Gasteiger partial charge in [0.1, 0.15) is 5.69 Å². The minimum atomic E-state index is -4.48. The summed E-state index contributed by atoms with van der Waals surface area (Å²) >= 11 is 0. The van der Waals surface area contributed by atoms with Crippen LogP contribution < -0.4 is 5.73 Å². The van der Waals surface area contributed by atoms with Gasteiger partial charge in [0.05, 0.1) is 5.69 Å². The lowest BCUT2D eigenvalue weighted by molar-refractivity contribution is -0.141. The van der Waals surface area contributed by atoms with Gasteiger partial charge < -0.3 is 5.73 Å². The Labute approximate surface area is 106 Å². The number of nitrogens with zero attached hydrogens (tertiary/aromatic N) is 1. The number of aromatic nitrogens is 2. The number of hydrogen-bond acceptors (Lipinski definition) is 2. The maximum Gasteiger partial charge on any atom is 0.432 e. The van der Waals surface area contributed by atoms with E-state index in [0.717, 1.165) is 6.07 Å². The second-order valence-corrected chi connectivity index (χ2v) is 4.06. The van der Waals surface area contributed by atoms with Gasteiger partial charge in [-0.1, -0.05) is 12.1 Å². The predicted octanol–water partition coefficient (Wildman–Crippen LogP) is 2.50. The van der Waals surface area contributed by atoms with Gasteiger partial charge in [0.2, 0.25) is 5.91 Å². The number of amides is 1. The Morgan fingerprint density at radius 1 is 1.32 bits per heavy atom. The summed E-state index contributed by atoms with van der Waals surface area (Å²) in [4.78, 5) is 11.2. The van der Waals surface area contributed by atoms with Gasteiger partial charge in [0.15, 0.2) is 0 Å². The molecule has 0 spiro atoms. The largest absolute Gasteiger partial charge is 0.432 e. The molecule has 0 fully saturated rings. The predicted molar refractivity (Wildman–Crippen MR) is 62.3 cm³/mol. The monoisotopic (exact) mass is 269 g/mol. The van der Waals surface area contributed by atoms with Crippen molar-refractivity contribution in [2.24, 2.45) is 5.73 Å². The molecule has 1 amide bonds. The van der Waals surface area contributed by atoms with Crippen LogP contribution in [0.4, 0.5) is 13.2 Å². The first-order valence-corrected chi connectivity index (χ1v) is 5.32. The van der Waals surface area contributed by atoms with E-state index in [-0.39, 0.29) is 11.3 Å².